The number of hydrogen-bond donors (Lipinski definition) is 3. The average molecular weight is 390 g/mol. The van der Waals surface area contributed by atoms with Gasteiger partial charge in [0.25, 0.3) is 0 Å². The Morgan fingerprint density at radius 2 is 1.86 bits per heavy atom. The van der Waals surface area contributed by atoms with Gasteiger partial charge >= 0.3 is 0 Å². The summed E-state index contributed by atoms with van der Waals surface area (Å²) in [5.41, 5.74) is 17.8. The van der Waals surface area contributed by atoms with E-state index in [1.165, 1.54) is 0 Å². The van der Waals surface area contributed by atoms with Crippen molar-refractivity contribution in [3.63, 3.8) is 0 Å². The summed E-state index contributed by atoms with van der Waals surface area (Å²) in [5, 5.41) is 10.9. The molecule has 0 amide bonds. The molecule has 2 aromatic carbocycles. The van der Waals surface area contributed by atoms with E-state index in [4.69, 9.17) is 16.5 Å². The van der Waals surface area contributed by atoms with E-state index in [0.717, 1.165) is 63.7 Å². The second-order valence-corrected chi connectivity index (χ2v) is 7.59. The van der Waals surface area contributed by atoms with Crippen LogP contribution in [-0.2, 0) is 19.5 Å². The lowest BCUT2D eigenvalue weighted by atomic mass is 10.1. The van der Waals surface area contributed by atoms with Crippen molar-refractivity contribution in [2.24, 2.45) is 5.73 Å². The molecule has 0 bridgehead atoms. The summed E-state index contributed by atoms with van der Waals surface area (Å²) in [4.78, 5) is 9.46. The number of pyridine rings is 1. The van der Waals surface area contributed by atoms with Gasteiger partial charge in [0, 0.05) is 24.9 Å². The third kappa shape index (κ3) is 3.51. The molecule has 0 radical (unpaired) electrons. The van der Waals surface area contributed by atoms with Crippen LogP contribution < -0.4 is 11.5 Å². The molecule has 6 nitrogen and oxygen atoms in total. The zero-order valence-corrected chi connectivity index (χ0v) is 16.9. The van der Waals surface area contributed by atoms with E-state index in [-0.39, 0.29) is 0 Å². The third-order valence-electron chi connectivity index (χ3n) is 5.44. The molecule has 0 unspecified atom stereocenters. The number of hydrogen-bond acceptors (Lipinski definition) is 5. The van der Waals surface area contributed by atoms with Crippen LogP contribution in [0.3, 0.4) is 0 Å². The highest BCUT2D eigenvalue weighted by Gasteiger charge is 2.18. The highest BCUT2D eigenvalue weighted by molar-refractivity contribution is 6.06. The maximum Gasteiger partial charge on any atom is 0.152 e. The Morgan fingerprint density at radius 3 is 2.59 bits per heavy atom. The highest BCUT2D eigenvalue weighted by atomic mass is 16.3. The molecular formula is C23H27N5O. The topological polar surface area (TPSA) is 103 Å². The van der Waals surface area contributed by atoms with Gasteiger partial charge in [-0.25, -0.2) is 9.97 Å². The molecule has 0 atom stereocenters. The van der Waals surface area contributed by atoms with E-state index in [1.54, 1.807) is 6.07 Å². The summed E-state index contributed by atoms with van der Waals surface area (Å²) >= 11 is 0. The smallest absolute Gasteiger partial charge is 0.152 e. The molecule has 0 aliphatic rings. The van der Waals surface area contributed by atoms with Gasteiger partial charge in [-0.15, -0.1) is 0 Å². The number of phenols is 1. The molecule has 6 heteroatoms. The Morgan fingerprint density at radius 1 is 1.07 bits per heavy atom. The van der Waals surface area contributed by atoms with E-state index in [0.29, 0.717) is 24.7 Å². The Bertz CT molecular complexity index is 1200. The van der Waals surface area contributed by atoms with Crippen molar-refractivity contribution in [2.75, 3.05) is 5.73 Å². The zero-order valence-electron chi connectivity index (χ0n) is 16.9. The summed E-state index contributed by atoms with van der Waals surface area (Å²) in [7, 11) is 0. The molecule has 0 spiro atoms. The van der Waals surface area contributed by atoms with Crippen LogP contribution in [0.2, 0.25) is 0 Å². The van der Waals surface area contributed by atoms with Crippen LogP contribution in [0.25, 0.3) is 21.9 Å². The van der Waals surface area contributed by atoms with Crippen LogP contribution in [0, 0.1) is 6.92 Å². The van der Waals surface area contributed by atoms with Gasteiger partial charge in [0.15, 0.2) is 5.82 Å². The standard InChI is InChI=1S/C23H27N5O/c1-3-4-5-20-27-21-22(28(20)13-16-7-9-19(29)14(2)10-16)17-11-15(12-24)6-8-18(17)26-23(21)25/h6-11,29H,3-5,12-13,24H2,1-2H3,(H2,25,26). The molecule has 4 aromatic rings. The minimum absolute atomic E-state index is 0.307. The number of aromatic hydroxyl groups is 1. The minimum atomic E-state index is 0.307. The molecule has 5 N–H and O–H groups in total. The molecule has 29 heavy (non-hydrogen) atoms. The second-order valence-electron chi connectivity index (χ2n) is 7.59. The number of unbranched alkanes of at least 4 members (excludes halogenated alkanes) is 1. The van der Waals surface area contributed by atoms with Crippen molar-refractivity contribution in [3.8, 4) is 5.75 Å². The first kappa shape index (κ1) is 19.2. The Hall–Kier alpha value is -3.12. The van der Waals surface area contributed by atoms with Gasteiger partial charge in [-0.2, -0.15) is 0 Å². The number of imidazole rings is 1. The van der Waals surface area contributed by atoms with Gasteiger partial charge in [0.1, 0.15) is 17.1 Å². The van der Waals surface area contributed by atoms with E-state index in [1.807, 2.05) is 31.2 Å². The predicted octanol–water partition coefficient (Wildman–Crippen LogP) is 4.03. The monoisotopic (exact) mass is 389 g/mol. The molecule has 2 heterocycles. The van der Waals surface area contributed by atoms with Gasteiger partial charge in [0.2, 0.25) is 0 Å². The van der Waals surface area contributed by atoms with E-state index in [2.05, 4.69) is 22.5 Å². The van der Waals surface area contributed by atoms with Crippen LogP contribution >= 0.6 is 0 Å². The molecule has 0 saturated carbocycles. The van der Waals surface area contributed by atoms with Crippen molar-refractivity contribution < 1.29 is 5.11 Å². The fraction of sp³-hybridized carbons (Fsp3) is 0.304. The van der Waals surface area contributed by atoms with Gasteiger partial charge in [-0.05, 0) is 48.2 Å². The lowest BCUT2D eigenvalue weighted by Crippen LogP contribution is -2.06. The molecule has 0 saturated heterocycles. The van der Waals surface area contributed by atoms with Crippen molar-refractivity contribution in [2.45, 2.75) is 46.2 Å². The molecule has 2 aromatic heterocycles. The number of fused-ring (bicyclic) bond motifs is 3. The molecule has 0 aliphatic heterocycles. The fourth-order valence-corrected chi connectivity index (χ4v) is 3.83. The third-order valence-corrected chi connectivity index (χ3v) is 5.44. The lowest BCUT2D eigenvalue weighted by molar-refractivity contribution is 0.470. The first-order valence-electron chi connectivity index (χ1n) is 10.1. The normalized spacial score (nSPS) is 11.6. The number of anilines is 1. The van der Waals surface area contributed by atoms with Crippen molar-refractivity contribution in [1.82, 2.24) is 14.5 Å². The number of phenolic OH excluding ortho intramolecular Hbond substituents is 1. The maximum atomic E-state index is 9.89. The summed E-state index contributed by atoms with van der Waals surface area (Å²) in [5.74, 6) is 1.76. The molecule has 150 valence electrons. The number of benzene rings is 2. The van der Waals surface area contributed by atoms with Crippen LogP contribution in [0.4, 0.5) is 5.82 Å². The molecule has 4 rings (SSSR count). The van der Waals surface area contributed by atoms with Crippen LogP contribution in [-0.4, -0.2) is 19.6 Å². The highest BCUT2D eigenvalue weighted by Crippen LogP contribution is 2.31. The Balaban J connectivity index is 1.98. The predicted molar refractivity (Wildman–Crippen MR) is 118 cm³/mol. The van der Waals surface area contributed by atoms with Crippen molar-refractivity contribution in [1.29, 1.82) is 0 Å². The fourth-order valence-electron chi connectivity index (χ4n) is 3.83. The van der Waals surface area contributed by atoms with Gasteiger partial charge in [0.05, 0.1) is 11.0 Å². The largest absolute Gasteiger partial charge is 0.508 e. The Labute approximate surface area is 170 Å². The van der Waals surface area contributed by atoms with E-state index >= 15 is 0 Å². The van der Waals surface area contributed by atoms with Crippen LogP contribution in [0.15, 0.2) is 36.4 Å². The molecule has 0 aliphatic carbocycles. The number of rotatable bonds is 6. The van der Waals surface area contributed by atoms with E-state index in [9.17, 15) is 5.11 Å². The van der Waals surface area contributed by atoms with Crippen molar-refractivity contribution >= 4 is 27.8 Å². The number of nitrogens with zero attached hydrogens (tertiary/aromatic N) is 3. The lowest BCUT2D eigenvalue weighted by Gasteiger charge is -2.12. The maximum absolute atomic E-state index is 9.89. The summed E-state index contributed by atoms with van der Waals surface area (Å²) in [6, 6.07) is 11.8. The van der Waals surface area contributed by atoms with Crippen molar-refractivity contribution in [3.05, 3.63) is 58.9 Å². The minimum Gasteiger partial charge on any atom is -0.508 e. The van der Waals surface area contributed by atoms with Gasteiger partial charge < -0.3 is 21.1 Å². The summed E-state index contributed by atoms with van der Waals surface area (Å²) < 4.78 is 2.25. The second kappa shape index (κ2) is 7.72. The SMILES string of the molecule is CCCCc1nc2c(N)nc3ccc(CN)cc3c2n1Cc1ccc(O)c(C)c1. The average Bonchev–Trinajstić information content (AvgIpc) is 3.08. The number of nitrogens with two attached hydrogens (primary N) is 2. The number of aryl methyl sites for hydroxylation is 2. The molecule has 0 fully saturated rings. The number of nitrogen functional groups attached to an aromatic ring is 1. The van der Waals surface area contributed by atoms with Gasteiger partial charge in [-0.3, -0.25) is 0 Å². The van der Waals surface area contributed by atoms with Crippen LogP contribution in [0.1, 0.15) is 42.3 Å². The number of aromatic nitrogens is 3. The summed E-state index contributed by atoms with van der Waals surface area (Å²) in [6.07, 6.45) is 3.02. The Kier molecular flexibility index (Phi) is 5.11. The molecular weight excluding hydrogens is 362 g/mol. The first-order chi connectivity index (χ1) is 14.0. The zero-order chi connectivity index (χ0) is 20.5. The summed E-state index contributed by atoms with van der Waals surface area (Å²) in [6.45, 7) is 5.21. The van der Waals surface area contributed by atoms with E-state index < -0.39 is 0 Å². The van der Waals surface area contributed by atoms with Crippen LogP contribution in [0.5, 0.6) is 5.75 Å². The van der Waals surface area contributed by atoms with Gasteiger partial charge in [-0.1, -0.05) is 31.5 Å². The first-order valence-corrected chi connectivity index (χ1v) is 10.1. The quantitative estimate of drug-likeness (QED) is 0.462.